The SMILES string of the molecule is C[C@@H]1C[C@H](C)CN(C[C@@H](O)COCc2ccc3c(c2)OCO3)C1. The van der Waals surface area contributed by atoms with Gasteiger partial charge >= 0.3 is 0 Å². The molecule has 0 spiro atoms. The number of ether oxygens (including phenoxy) is 3. The van der Waals surface area contributed by atoms with E-state index < -0.39 is 6.10 Å². The van der Waals surface area contributed by atoms with Crippen molar-refractivity contribution in [3.05, 3.63) is 23.8 Å². The Labute approximate surface area is 138 Å². The summed E-state index contributed by atoms with van der Waals surface area (Å²) in [6.45, 7) is 8.51. The molecule has 1 N–H and O–H groups in total. The van der Waals surface area contributed by atoms with Crippen LogP contribution in [0.15, 0.2) is 18.2 Å². The highest BCUT2D eigenvalue weighted by Gasteiger charge is 2.23. The zero-order valence-corrected chi connectivity index (χ0v) is 14.0. The first-order chi connectivity index (χ1) is 11.1. The number of benzene rings is 1. The molecule has 3 atom stereocenters. The van der Waals surface area contributed by atoms with Crippen LogP contribution in [0.5, 0.6) is 11.5 Å². The second-order valence-electron chi connectivity index (χ2n) is 7.02. The van der Waals surface area contributed by atoms with Gasteiger partial charge in [0.1, 0.15) is 0 Å². The summed E-state index contributed by atoms with van der Waals surface area (Å²) < 4.78 is 16.3. The van der Waals surface area contributed by atoms with Crippen LogP contribution in [0, 0.1) is 11.8 Å². The standard InChI is InChI=1S/C18H27NO4/c1-13-5-14(2)8-19(7-13)9-16(20)11-21-10-15-3-4-17-18(6-15)23-12-22-17/h3-4,6,13-14,16,20H,5,7-12H2,1-2H3/t13-,14+,16-/m1/s1. The van der Waals surface area contributed by atoms with Gasteiger partial charge in [0, 0.05) is 19.6 Å². The van der Waals surface area contributed by atoms with Crippen LogP contribution in [0.1, 0.15) is 25.8 Å². The van der Waals surface area contributed by atoms with Gasteiger partial charge in [0.2, 0.25) is 6.79 Å². The molecule has 3 rings (SSSR count). The van der Waals surface area contributed by atoms with Crippen molar-refractivity contribution in [2.45, 2.75) is 33.0 Å². The molecular weight excluding hydrogens is 294 g/mol. The van der Waals surface area contributed by atoms with Crippen molar-refractivity contribution in [2.24, 2.45) is 11.8 Å². The van der Waals surface area contributed by atoms with Crippen molar-refractivity contribution in [3.63, 3.8) is 0 Å². The number of hydrogen-bond donors (Lipinski definition) is 1. The first-order valence-corrected chi connectivity index (χ1v) is 8.47. The zero-order chi connectivity index (χ0) is 16.2. The van der Waals surface area contributed by atoms with Gasteiger partial charge in [-0.05, 0) is 36.0 Å². The van der Waals surface area contributed by atoms with E-state index in [-0.39, 0.29) is 6.79 Å². The van der Waals surface area contributed by atoms with Crippen molar-refractivity contribution >= 4 is 0 Å². The third-order valence-corrected chi connectivity index (χ3v) is 4.43. The van der Waals surface area contributed by atoms with Crippen molar-refractivity contribution in [2.75, 3.05) is 33.0 Å². The quantitative estimate of drug-likeness (QED) is 0.871. The smallest absolute Gasteiger partial charge is 0.231 e. The lowest BCUT2D eigenvalue weighted by Gasteiger charge is -2.35. The van der Waals surface area contributed by atoms with E-state index in [0.29, 0.717) is 31.6 Å². The van der Waals surface area contributed by atoms with Crippen LogP contribution in [0.2, 0.25) is 0 Å². The summed E-state index contributed by atoms with van der Waals surface area (Å²) in [4.78, 5) is 2.35. The van der Waals surface area contributed by atoms with Gasteiger partial charge in [-0.1, -0.05) is 19.9 Å². The molecule has 5 nitrogen and oxygen atoms in total. The molecule has 128 valence electrons. The Hall–Kier alpha value is -1.30. The summed E-state index contributed by atoms with van der Waals surface area (Å²) in [6.07, 6.45) is 0.842. The normalized spacial score (nSPS) is 25.5. The number of aliphatic hydroxyl groups is 1. The lowest BCUT2D eigenvalue weighted by Crippen LogP contribution is -2.43. The minimum atomic E-state index is -0.443. The molecule has 0 aliphatic carbocycles. The summed E-state index contributed by atoms with van der Waals surface area (Å²) in [5.41, 5.74) is 1.03. The predicted octanol–water partition coefficient (Wildman–Crippen LogP) is 2.27. The molecule has 1 aromatic rings. The number of rotatable bonds is 6. The highest BCUT2D eigenvalue weighted by Crippen LogP contribution is 2.32. The summed E-state index contributed by atoms with van der Waals surface area (Å²) in [5.74, 6) is 2.96. The highest BCUT2D eigenvalue weighted by atomic mass is 16.7. The molecule has 0 aromatic heterocycles. The molecule has 0 bridgehead atoms. The van der Waals surface area contributed by atoms with E-state index in [1.807, 2.05) is 18.2 Å². The maximum atomic E-state index is 10.2. The zero-order valence-electron chi connectivity index (χ0n) is 14.0. The van der Waals surface area contributed by atoms with Crippen LogP contribution in [0.25, 0.3) is 0 Å². The number of likely N-dealkylation sites (tertiary alicyclic amines) is 1. The van der Waals surface area contributed by atoms with Crippen molar-refractivity contribution in [1.82, 2.24) is 4.90 Å². The predicted molar refractivity (Wildman–Crippen MR) is 87.6 cm³/mol. The molecular formula is C18H27NO4. The van der Waals surface area contributed by atoms with Crippen molar-refractivity contribution < 1.29 is 19.3 Å². The van der Waals surface area contributed by atoms with E-state index in [4.69, 9.17) is 14.2 Å². The van der Waals surface area contributed by atoms with E-state index in [1.165, 1.54) is 6.42 Å². The van der Waals surface area contributed by atoms with Crippen LogP contribution in [0.4, 0.5) is 0 Å². The Morgan fingerprint density at radius 2 is 1.96 bits per heavy atom. The summed E-state index contributed by atoms with van der Waals surface area (Å²) in [7, 11) is 0. The molecule has 0 unspecified atom stereocenters. The Morgan fingerprint density at radius 3 is 2.74 bits per heavy atom. The van der Waals surface area contributed by atoms with Crippen LogP contribution in [-0.4, -0.2) is 49.1 Å². The summed E-state index contributed by atoms with van der Waals surface area (Å²) >= 11 is 0. The van der Waals surface area contributed by atoms with E-state index in [2.05, 4.69) is 18.7 Å². The lowest BCUT2D eigenvalue weighted by atomic mass is 9.92. The fourth-order valence-corrected chi connectivity index (χ4v) is 3.64. The topological polar surface area (TPSA) is 51.2 Å². The Balaban J connectivity index is 1.40. The Bertz CT molecular complexity index is 512. The molecule has 0 saturated carbocycles. The van der Waals surface area contributed by atoms with Crippen molar-refractivity contribution in [1.29, 1.82) is 0 Å². The molecule has 1 aromatic carbocycles. The van der Waals surface area contributed by atoms with Crippen LogP contribution in [-0.2, 0) is 11.3 Å². The lowest BCUT2D eigenvalue weighted by molar-refractivity contribution is -0.000915. The number of fused-ring (bicyclic) bond motifs is 1. The van der Waals surface area contributed by atoms with E-state index >= 15 is 0 Å². The Morgan fingerprint density at radius 1 is 1.22 bits per heavy atom. The second kappa shape index (κ2) is 7.51. The number of β-amino-alcohol motifs (C(OH)–C–C–N with tert-alkyl or cyclic N) is 1. The van der Waals surface area contributed by atoms with Gasteiger partial charge in [-0.15, -0.1) is 0 Å². The third kappa shape index (κ3) is 4.59. The average molecular weight is 321 g/mol. The number of nitrogens with zero attached hydrogens (tertiary/aromatic N) is 1. The van der Waals surface area contributed by atoms with Crippen LogP contribution >= 0.6 is 0 Å². The average Bonchev–Trinajstić information content (AvgIpc) is 2.93. The van der Waals surface area contributed by atoms with Crippen molar-refractivity contribution in [3.8, 4) is 11.5 Å². The number of hydrogen-bond acceptors (Lipinski definition) is 5. The van der Waals surface area contributed by atoms with Gasteiger partial charge in [-0.25, -0.2) is 0 Å². The maximum Gasteiger partial charge on any atom is 0.231 e. The fraction of sp³-hybridized carbons (Fsp3) is 0.667. The maximum absolute atomic E-state index is 10.2. The summed E-state index contributed by atoms with van der Waals surface area (Å²) in [6, 6.07) is 5.80. The molecule has 0 amide bonds. The second-order valence-corrected chi connectivity index (χ2v) is 7.02. The molecule has 1 fully saturated rings. The van der Waals surface area contributed by atoms with Gasteiger partial charge in [-0.3, -0.25) is 0 Å². The monoisotopic (exact) mass is 321 g/mol. The first-order valence-electron chi connectivity index (χ1n) is 8.47. The summed E-state index contributed by atoms with van der Waals surface area (Å²) in [5, 5.41) is 10.2. The number of aliphatic hydroxyl groups excluding tert-OH is 1. The van der Waals surface area contributed by atoms with E-state index in [0.717, 1.165) is 30.2 Å². The minimum Gasteiger partial charge on any atom is -0.454 e. The van der Waals surface area contributed by atoms with Gasteiger partial charge in [0.05, 0.1) is 19.3 Å². The molecule has 2 aliphatic heterocycles. The third-order valence-electron chi connectivity index (χ3n) is 4.43. The Kier molecular flexibility index (Phi) is 5.41. The molecule has 2 aliphatic rings. The molecule has 2 heterocycles. The highest BCUT2D eigenvalue weighted by molar-refractivity contribution is 5.44. The molecule has 5 heteroatoms. The van der Waals surface area contributed by atoms with E-state index in [1.54, 1.807) is 0 Å². The molecule has 0 radical (unpaired) electrons. The van der Waals surface area contributed by atoms with Gasteiger partial charge in [-0.2, -0.15) is 0 Å². The first kappa shape index (κ1) is 16.6. The van der Waals surface area contributed by atoms with Gasteiger partial charge < -0.3 is 24.2 Å². The minimum absolute atomic E-state index is 0.283. The molecule has 1 saturated heterocycles. The van der Waals surface area contributed by atoms with Crippen LogP contribution < -0.4 is 9.47 Å². The van der Waals surface area contributed by atoms with Gasteiger partial charge in [0.15, 0.2) is 11.5 Å². The van der Waals surface area contributed by atoms with Crippen LogP contribution in [0.3, 0.4) is 0 Å². The largest absolute Gasteiger partial charge is 0.454 e. The van der Waals surface area contributed by atoms with Gasteiger partial charge in [0.25, 0.3) is 0 Å². The fourth-order valence-electron chi connectivity index (χ4n) is 3.64. The molecule has 23 heavy (non-hydrogen) atoms. The van der Waals surface area contributed by atoms with E-state index in [9.17, 15) is 5.11 Å². The number of piperidine rings is 1.